The zero-order valence-corrected chi connectivity index (χ0v) is 12.9. The van der Waals surface area contributed by atoms with Crippen molar-refractivity contribution in [3.05, 3.63) is 46.8 Å². The van der Waals surface area contributed by atoms with Gasteiger partial charge in [-0.15, -0.1) is 11.3 Å². The van der Waals surface area contributed by atoms with Gasteiger partial charge in [0.05, 0.1) is 0 Å². The van der Waals surface area contributed by atoms with Crippen LogP contribution in [0, 0.1) is 6.92 Å². The number of rotatable bonds is 6. The molecule has 0 fully saturated rings. The van der Waals surface area contributed by atoms with Crippen LogP contribution in [0.2, 0.25) is 0 Å². The summed E-state index contributed by atoms with van der Waals surface area (Å²) in [6.45, 7) is 7.70. The van der Waals surface area contributed by atoms with Gasteiger partial charge in [-0.05, 0) is 55.6 Å². The molecule has 1 nitrogen and oxygen atoms in total. The maximum absolute atomic E-state index is 3.62. The Morgan fingerprint density at radius 3 is 2.63 bits per heavy atom. The third-order valence-corrected chi connectivity index (χ3v) is 4.41. The standard InChI is InChI=1S/C17H23NS/c1-4-11-18-16(5-2)14-7-6-8-15(12-14)17-10-9-13(3)19-17/h6-10,12,16,18H,4-5,11H2,1-3H3. The first kappa shape index (κ1) is 14.3. The molecule has 1 atom stereocenters. The molecule has 0 aliphatic carbocycles. The van der Waals surface area contributed by atoms with Crippen LogP contribution < -0.4 is 5.32 Å². The molecule has 19 heavy (non-hydrogen) atoms. The van der Waals surface area contributed by atoms with Gasteiger partial charge in [0.15, 0.2) is 0 Å². The van der Waals surface area contributed by atoms with E-state index in [0.29, 0.717) is 6.04 Å². The van der Waals surface area contributed by atoms with Crippen molar-refractivity contribution in [1.82, 2.24) is 5.32 Å². The van der Waals surface area contributed by atoms with Crippen molar-refractivity contribution >= 4 is 11.3 Å². The highest BCUT2D eigenvalue weighted by Crippen LogP contribution is 2.30. The predicted molar refractivity (Wildman–Crippen MR) is 85.8 cm³/mol. The number of thiophene rings is 1. The van der Waals surface area contributed by atoms with Gasteiger partial charge in [0.25, 0.3) is 0 Å². The van der Waals surface area contributed by atoms with Crippen molar-refractivity contribution in [2.24, 2.45) is 0 Å². The highest BCUT2D eigenvalue weighted by atomic mass is 32.1. The van der Waals surface area contributed by atoms with E-state index in [1.165, 1.54) is 27.3 Å². The van der Waals surface area contributed by atoms with Gasteiger partial charge in [-0.1, -0.05) is 32.0 Å². The second-order valence-electron chi connectivity index (χ2n) is 4.95. The van der Waals surface area contributed by atoms with Gasteiger partial charge in [0.2, 0.25) is 0 Å². The van der Waals surface area contributed by atoms with Crippen LogP contribution in [-0.4, -0.2) is 6.54 Å². The molecule has 0 spiro atoms. The third-order valence-electron chi connectivity index (χ3n) is 3.36. The summed E-state index contributed by atoms with van der Waals surface area (Å²) in [6.07, 6.45) is 2.31. The highest BCUT2D eigenvalue weighted by molar-refractivity contribution is 7.15. The molecular weight excluding hydrogens is 250 g/mol. The Hall–Kier alpha value is -1.12. The van der Waals surface area contributed by atoms with Crippen LogP contribution in [0.3, 0.4) is 0 Å². The maximum atomic E-state index is 3.62. The largest absolute Gasteiger partial charge is 0.310 e. The maximum Gasteiger partial charge on any atom is 0.0345 e. The lowest BCUT2D eigenvalue weighted by molar-refractivity contribution is 0.518. The summed E-state index contributed by atoms with van der Waals surface area (Å²) < 4.78 is 0. The lowest BCUT2D eigenvalue weighted by Crippen LogP contribution is -2.21. The second-order valence-corrected chi connectivity index (χ2v) is 6.24. The lowest BCUT2D eigenvalue weighted by atomic mass is 10.0. The molecule has 0 aliphatic heterocycles. The Bertz CT molecular complexity index is 515. The van der Waals surface area contributed by atoms with Crippen LogP contribution in [0.1, 0.15) is 43.2 Å². The van der Waals surface area contributed by atoms with Crippen molar-refractivity contribution in [2.75, 3.05) is 6.54 Å². The highest BCUT2D eigenvalue weighted by Gasteiger charge is 2.09. The fourth-order valence-electron chi connectivity index (χ4n) is 2.31. The van der Waals surface area contributed by atoms with Crippen LogP contribution >= 0.6 is 11.3 Å². The Balaban J connectivity index is 2.22. The molecule has 1 aromatic carbocycles. The molecule has 0 radical (unpaired) electrons. The van der Waals surface area contributed by atoms with E-state index in [0.717, 1.165) is 13.0 Å². The van der Waals surface area contributed by atoms with Crippen molar-refractivity contribution < 1.29 is 0 Å². The number of aryl methyl sites for hydroxylation is 1. The van der Waals surface area contributed by atoms with Crippen LogP contribution in [0.4, 0.5) is 0 Å². The molecule has 1 aromatic heterocycles. The van der Waals surface area contributed by atoms with E-state index in [1.807, 2.05) is 11.3 Å². The van der Waals surface area contributed by atoms with Crippen LogP contribution in [0.5, 0.6) is 0 Å². The van der Waals surface area contributed by atoms with E-state index in [1.54, 1.807) is 0 Å². The average molecular weight is 273 g/mol. The molecule has 0 saturated carbocycles. The molecule has 0 amide bonds. The summed E-state index contributed by atoms with van der Waals surface area (Å²) in [5.74, 6) is 0. The molecule has 2 rings (SSSR count). The van der Waals surface area contributed by atoms with Gasteiger partial charge in [-0.2, -0.15) is 0 Å². The van der Waals surface area contributed by atoms with E-state index in [-0.39, 0.29) is 0 Å². The first-order valence-electron chi connectivity index (χ1n) is 7.14. The monoisotopic (exact) mass is 273 g/mol. The SMILES string of the molecule is CCCNC(CC)c1cccc(-c2ccc(C)s2)c1. The fraction of sp³-hybridized carbons (Fsp3) is 0.412. The minimum atomic E-state index is 0.473. The summed E-state index contributed by atoms with van der Waals surface area (Å²) in [7, 11) is 0. The van der Waals surface area contributed by atoms with Gasteiger partial charge in [0, 0.05) is 15.8 Å². The number of hydrogen-bond acceptors (Lipinski definition) is 2. The lowest BCUT2D eigenvalue weighted by Gasteiger charge is -2.17. The number of nitrogens with one attached hydrogen (secondary N) is 1. The molecule has 2 heteroatoms. The molecular formula is C17H23NS. The van der Waals surface area contributed by atoms with E-state index in [2.05, 4.69) is 62.5 Å². The third kappa shape index (κ3) is 3.68. The molecule has 0 saturated heterocycles. The zero-order chi connectivity index (χ0) is 13.7. The van der Waals surface area contributed by atoms with Gasteiger partial charge in [-0.25, -0.2) is 0 Å². The Morgan fingerprint density at radius 1 is 1.16 bits per heavy atom. The van der Waals surface area contributed by atoms with Crippen molar-refractivity contribution in [3.63, 3.8) is 0 Å². The van der Waals surface area contributed by atoms with E-state index < -0.39 is 0 Å². The molecule has 0 bridgehead atoms. The van der Waals surface area contributed by atoms with Crippen molar-refractivity contribution in [1.29, 1.82) is 0 Å². The summed E-state index contributed by atoms with van der Waals surface area (Å²) in [5, 5.41) is 3.62. The molecule has 102 valence electrons. The zero-order valence-electron chi connectivity index (χ0n) is 12.1. The van der Waals surface area contributed by atoms with Crippen molar-refractivity contribution in [2.45, 2.75) is 39.7 Å². The average Bonchev–Trinajstić information content (AvgIpc) is 2.87. The molecule has 1 unspecified atom stereocenters. The Morgan fingerprint density at radius 2 is 2.00 bits per heavy atom. The Kier molecular flexibility index (Phi) is 5.17. The number of hydrogen-bond donors (Lipinski definition) is 1. The molecule has 1 heterocycles. The fourth-order valence-corrected chi connectivity index (χ4v) is 3.18. The van der Waals surface area contributed by atoms with Crippen LogP contribution in [0.15, 0.2) is 36.4 Å². The normalized spacial score (nSPS) is 12.6. The van der Waals surface area contributed by atoms with Gasteiger partial charge in [0.1, 0.15) is 0 Å². The van der Waals surface area contributed by atoms with Gasteiger partial charge >= 0.3 is 0 Å². The smallest absolute Gasteiger partial charge is 0.0345 e. The minimum absolute atomic E-state index is 0.473. The topological polar surface area (TPSA) is 12.0 Å². The minimum Gasteiger partial charge on any atom is -0.310 e. The molecule has 2 aromatic rings. The number of benzene rings is 1. The van der Waals surface area contributed by atoms with Crippen molar-refractivity contribution in [3.8, 4) is 10.4 Å². The first-order chi connectivity index (χ1) is 9.24. The van der Waals surface area contributed by atoms with E-state index in [9.17, 15) is 0 Å². The molecule has 0 aliphatic rings. The second kappa shape index (κ2) is 6.88. The molecule has 1 N–H and O–H groups in total. The predicted octanol–water partition coefficient (Wildman–Crippen LogP) is 5.17. The summed E-state index contributed by atoms with van der Waals surface area (Å²) >= 11 is 1.87. The first-order valence-corrected chi connectivity index (χ1v) is 7.96. The van der Waals surface area contributed by atoms with E-state index >= 15 is 0 Å². The van der Waals surface area contributed by atoms with E-state index in [4.69, 9.17) is 0 Å². The Labute approximate surface area is 120 Å². The van der Waals surface area contributed by atoms with Crippen LogP contribution in [0.25, 0.3) is 10.4 Å². The quantitative estimate of drug-likeness (QED) is 0.765. The van der Waals surface area contributed by atoms with Gasteiger partial charge < -0.3 is 5.32 Å². The summed E-state index contributed by atoms with van der Waals surface area (Å²) in [6, 6.07) is 13.8. The summed E-state index contributed by atoms with van der Waals surface area (Å²) in [5.41, 5.74) is 2.74. The summed E-state index contributed by atoms with van der Waals surface area (Å²) in [4.78, 5) is 2.74. The van der Waals surface area contributed by atoms with Gasteiger partial charge in [-0.3, -0.25) is 0 Å². The van der Waals surface area contributed by atoms with Crippen LogP contribution in [-0.2, 0) is 0 Å².